The van der Waals surface area contributed by atoms with Gasteiger partial charge in [-0.3, -0.25) is 10.1 Å². The summed E-state index contributed by atoms with van der Waals surface area (Å²) in [7, 11) is 0. The van der Waals surface area contributed by atoms with Crippen LogP contribution in [0.5, 0.6) is 0 Å². The zero-order chi connectivity index (χ0) is 14.8. The average Bonchev–Trinajstić information content (AvgIpc) is 2.95. The van der Waals surface area contributed by atoms with E-state index in [9.17, 15) is 10.1 Å². The van der Waals surface area contributed by atoms with Crippen LogP contribution in [-0.2, 0) is 6.54 Å². The van der Waals surface area contributed by atoms with Crippen LogP contribution in [0.3, 0.4) is 0 Å². The van der Waals surface area contributed by atoms with Crippen LogP contribution in [0, 0.1) is 17.0 Å². The highest BCUT2D eigenvalue weighted by Crippen LogP contribution is 2.24. The number of nitrogens with zero attached hydrogens (tertiary/aromatic N) is 1. The monoisotopic (exact) mass is 281 g/mol. The molecule has 0 saturated carbocycles. The lowest BCUT2D eigenvalue weighted by molar-refractivity contribution is -0.385. The molecule has 5 nitrogen and oxygen atoms in total. The molecule has 0 unspecified atom stereocenters. The molecule has 3 rings (SSSR count). The van der Waals surface area contributed by atoms with Gasteiger partial charge in [0.25, 0.3) is 5.69 Å². The van der Waals surface area contributed by atoms with Crippen molar-refractivity contribution in [1.29, 1.82) is 0 Å². The lowest BCUT2D eigenvalue weighted by atomic mass is 10.1. The summed E-state index contributed by atoms with van der Waals surface area (Å²) in [6, 6.07) is 13.3. The Morgan fingerprint density at radius 2 is 2.10 bits per heavy atom. The third kappa shape index (κ3) is 2.58. The van der Waals surface area contributed by atoms with Gasteiger partial charge in [0.05, 0.1) is 4.92 Å². The standard InChI is InChI=1S/C16H15N3O2/c1-11-5-6-13(9-16(11)19(20)21)18-10-12-3-2-4-15-14(12)7-8-17-15/h2-9,17-18H,10H2,1H3. The maximum Gasteiger partial charge on any atom is 0.274 e. The smallest absolute Gasteiger partial charge is 0.274 e. The van der Waals surface area contributed by atoms with Crippen molar-refractivity contribution < 1.29 is 4.92 Å². The molecule has 21 heavy (non-hydrogen) atoms. The maximum absolute atomic E-state index is 11.0. The molecule has 0 bridgehead atoms. The lowest BCUT2D eigenvalue weighted by Gasteiger charge is -2.08. The summed E-state index contributed by atoms with van der Waals surface area (Å²) < 4.78 is 0. The van der Waals surface area contributed by atoms with Crippen molar-refractivity contribution in [2.45, 2.75) is 13.5 Å². The van der Waals surface area contributed by atoms with Gasteiger partial charge in [0.1, 0.15) is 0 Å². The number of aromatic nitrogens is 1. The summed E-state index contributed by atoms with van der Waals surface area (Å²) in [5.41, 5.74) is 3.79. The summed E-state index contributed by atoms with van der Waals surface area (Å²) in [5, 5.41) is 15.4. The van der Waals surface area contributed by atoms with E-state index in [4.69, 9.17) is 0 Å². The molecule has 0 spiro atoms. The van der Waals surface area contributed by atoms with Crippen LogP contribution in [0.1, 0.15) is 11.1 Å². The number of hydrogen-bond donors (Lipinski definition) is 2. The zero-order valence-electron chi connectivity index (χ0n) is 11.6. The van der Waals surface area contributed by atoms with Gasteiger partial charge in [-0.2, -0.15) is 0 Å². The molecule has 0 amide bonds. The Bertz CT molecular complexity index is 808. The van der Waals surface area contributed by atoms with Gasteiger partial charge in [-0.25, -0.2) is 0 Å². The minimum absolute atomic E-state index is 0.139. The molecular weight excluding hydrogens is 266 g/mol. The van der Waals surface area contributed by atoms with E-state index < -0.39 is 0 Å². The van der Waals surface area contributed by atoms with E-state index in [1.54, 1.807) is 19.1 Å². The number of benzene rings is 2. The minimum Gasteiger partial charge on any atom is -0.381 e. The van der Waals surface area contributed by atoms with E-state index in [-0.39, 0.29) is 10.6 Å². The van der Waals surface area contributed by atoms with Crippen LogP contribution in [0.2, 0.25) is 0 Å². The third-order valence-electron chi connectivity index (χ3n) is 3.57. The van der Waals surface area contributed by atoms with Gasteiger partial charge < -0.3 is 10.3 Å². The summed E-state index contributed by atoms with van der Waals surface area (Å²) >= 11 is 0. The van der Waals surface area contributed by atoms with Crippen LogP contribution >= 0.6 is 0 Å². The first kappa shape index (κ1) is 13.2. The van der Waals surface area contributed by atoms with Crippen molar-refractivity contribution in [2.75, 3.05) is 5.32 Å². The van der Waals surface area contributed by atoms with E-state index in [1.165, 1.54) is 0 Å². The number of fused-ring (bicyclic) bond motifs is 1. The second kappa shape index (κ2) is 5.28. The molecular formula is C16H15N3O2. The number of nitro groups is 1. The Labute approximate surface area is 121 Å². The molecule has 0 radical (unpaired) electrons. The molecule has 2 N–H and O–H groups in total. The topological polar surface area (TPSA) is 71.0 Å². The molecule has 2 aromatic carbocycles. The molecule has 0 aliphatic heterocycles. The molecule has 0 saturated heterocycles. The number of hydrogen-bond acceptors (Lipinski definition) is 3. The van der Waals surface area contributed by atoms with E-state index in [0.29, 0.717) is 12.1 Å². The van der Waals surface area contributed by atoms with Crippen molar-refractivity contribution in [3.8, 4) is 0 Å². The predicted molar refractivity (Wildman–Crippen MR) is 83.5 cm³/mol. The van der Waals surface area contributed by atoms with Crippen molar-refractivity contribution in [2.24, 2.45) is 0 Å². The van der Waals surface area contributed by atoms with Crippen molar-refractivity contribution in [1.82, 2.24) is 4.98 Å². The third-order valence-corrected chi connectivity index (χ3v) is 3.57. The second-order valence-corrected chi connectivity index (χ2v) is 4.97. The van der Waals surface area contributed by atoms with Gasteiger partial charge in [-0.05, 0) is 30.7 Å². The van der Waals surface area contributed by atoms with Crippen molar-refractivity contribution >= 4 is 22.3 Å². The maximum atomic E-state index is 11.0. The molecule has 1 heterocycles. The van der Waals surface area contributed by atoms with E-state index >= 15 is 0 Å². The Kier molecular flexibility index (Phi) is 3.31. The number of nitro benzene ring substituents is 1. The van der Waals surface area contributed by atoms with Crippen molar-refractivity contribution in [3.05, 3.63) is 69.9 Å². The van der Waals surface area contributed by atoms with Gasteiger partial charge in [0, 0.05) is 41.0 Å². The highest BCUT2D eigenvalue weighted by molar-refractivity contribution is 5.83. The van der Waals surface area contributed by atoms with Gasteiger partial charge in [0.2, 0.25) is 0 Å². The molecule has 0 fully saturated rings. The SMILES string of the molecule is Cc1ccc(NCc2cccc3[nH]ccc23)cc1[N+](=O)[O-]. The normalized spacial score (nSPS) is 10.7. The highest BCUT2D eigenvalue weighted by atomic mass is 16.6. The number of anilines is 1. The quantitative estimate of drug-likeness (QED) is 0.561. The fourth-order valence-electron chi connectivity index (χ4n) is 2.42. The van der Waals surface area contributed by atoms with Gasteiger partial charge in [-0.15, -0.1) is 0 Å². The fraction of sp³-hybridized carbons (Fsp3) is 0.125. The first-order valence-corrected chi connectivity index (χ1v) is 6.69. The number of rotatable bonds is 4. The first-order chi connectivity index (χ1) is 10.1. The van der Waals surface area contributed by atoms with Crippen LogP contribution < -0.4 is 5.32 Å². The first-order valence-electron chi connectivity index (χ1n) is 6.69. The molecule has 5 heteroatoms. The predicted octanol–water partition coefficient (Wildman–Crippen LogP) is 4.00. The lowest BCUT2D eigenvalue weighted by Crippen LogP contribution is -2.01. The Morgan fingerprint density at radius 3 is 2.90 bits per heavy atom. The summed E-state index contributed by atoms with van der Waals surface area (Å²) in [6.07, 6.45) is 1.91. The average molecular weight is 281 g/mol. The van der Waals surface area contributed by atoms with Crippen LogP contribution in [0.4, 0.5) is 11.4 Å². The van der Waals surface area contributed by atoms with Crippen LogP contribution in [-0.4, -0.2) is 9.91 Å². The molecule has 106 valence electrons. The van der Waals surface area contributed by atoms with Gasteiger partial charge in [0.15, 0.2) is 0 Å². The van der Waals surface area contributed by atoms with E-state index in [1.807, 2.05) is 36.5 Å². The number of aromatic amines is 1. The van der Waals surface area contributed by atoms with Crippen LogP contribution in [0.15, 0.2) is 48.7 Å². The Morgan fingerprint density at radius 1 is 1.24 bits per heavy atom. The van der Waals surface area contributed by atoms with Crippen molar-refractivity contribution in [3.63, 3.8) is 0 Å². The summed E-state index contributed by atoms with van der Waals surface area (Å²) in [6.45, 7) is 2.36. The fourth-order valence-corrected chi connectivity index (χ4v) is 2.42. The zero-order valence-corrected chi connectivity index (χ0v) is 11.6. The second-order valence-electron chi connectivity index (χ2n) is 4.97. The van der Waals surface area contributed by atoms with Gasteiger partial charge in [-0.1, -0.05) is 18.2 Å². The van der Waals surface area contributed by atoms with Crippen LogP contribution in [0.25, 0.3) is 10.9 Å². The summed E-state index contributed by atoms with van der Waals surface area (Å²) in [5.74, 6) is 0. The number of H-pyrrole nitrogens is 1. The molecule has 1 aromatic heterocycles. The van der Waals surface area contributed by atoms with E-state index in [0.717, 1.165) is 22.2 Å². The number of nitrogens with one attached hydrogen (secondary N) is 2. The number of aryl methyl sites for hydroxylation is 1. The molecule has 0 atom stereocenters. The molecule has 0 aliphatic carbocycles. The molecule has 0 aliphatic rings. The molecule has 3 aromatic rings. The summed E-state index contributed by atoms with van der Waals surface area (Å²) in [4.78, 5) is 13.8. The largest absolute Gasteiger partial charge is 0.381 e. The van der Waals surface area contributed by atoms with E-state index in [2.05, 4.69) is 10.3 Å². The minimum atomic E-state index is -0.354. The Balaban J connectivity index is 1.83. The Hall–Kier alpha value is -2.82. The van der Waals surface area contributed by atoms with Gasteiger partial charge >= 0.3 is 0 Å². The highest BCUT2D eigenvalue weighted by Gasteiger charge is 2.11.